The summed E-state index contributed by atoms with van der Waals surface area (Å²) in [6.07, 6.45) is 0. The van der Waals surface area contributed by atoms with Gasteiger partial charge in [-0.1, -0.05) is 127 Å². The van der Waals surface area contributed by atoms with Crippen molar-refractivity contribution in [2.75, 3.05) is 0 Å². The molecule has 4 aromatic heterocycles. The molecule has 0 saturated heterocycles. The first-order valence-electron chi connectivity index (χ1n) is 19.0. The lowest BCUT2D eigenvalue weighted by Gasteiger charge is -2.15. The number of nitrogens with zero attached hydrogens (tertiary/aromatic N) is 4. The molecule has 0 unspecified atom stereocenters. The quantitative estimate of drug-likeness (QED) is 0.176. The summed E-state index contributed by atoms with van der Waals surface area (Å²) in [5.41, 5.74) is 11.3. The molecule has 0 aliphatic carbocycles. The third-order valence-electron chi connectivity index (χ3n) is 11.1. The van der Waals surface area contributed by atoms with E-state index in [4.69, 9.17) is 23.8 Å². The second-order valence-corrected chi connectivity index (χ2v) is 14.3. The number of hydrogen-bond donors (Lipinski definition) is 0. The Labute approximate surface area is 325 Å². The summed E-state index contributed by atoms with van der Waals surface area (Å²) >= 11 is 0. The zero-order chi connectivity index (χ0) is 37.5. The summed E-state index contributed by atoms with van der Waals surface area (Å²) in [5, 5.41) is 6.47. The predicted octanol–water partition coefficient (Wildman–Crippen LogP) is 13.4. The van der Waals surface area contributed by atoms with Crippen LogP contribution in [0.25, 0.3) is 117 Å². The van der Waals surface area contributed by atoms with Crippen molar-refractivity contribution in [3.63, 3.8) is 0 Å². The first-order valence-corrected chi connectivity index (χ1v) is 19.0. The summed E-state index contributed by atoms with van der Waals surface area (Å²) < 4.78 is 15.0. The molecule has 0 saturated carbocycles. The van der Waals surface area contributed by atoms with Gasteiger partial charge in [0.2, 0.25) is 0 Å². The minimum absolute atomic E-state index is 0.547. The molecular formula is C51H30N4O2. The van der Waals surface area contributed by atoms with Crippen molar-refractivity contribution in [2.24, 2.45) is 0 Å². The van der Waals surface area contributed by atoms with Crippen LogP contribution in [0.5, 0.6) is 0 Å². The Morgan fingerprint density at radius 2 is 0.912 bits per heavy atom. The molecule has 8 aromatic carbocycles. The van der Waals surface area contributed by atoms with Gasteiger partial charge in [0, 0.05) is 49.0 Å². The lowest BCUT2D eigenvalue weighted by Crippen LogP contribution is -2.03. The number of aromatic nitrogens is 4. The molecule has 0 aliphatic heterocycles. The molecule has 0 N–H and O–H groups in total. The van der Waals surface area contributed by atoms with Crippen LogP contribution < -0.4 is 0 Å². The molecule has 0 bridgehead atoms. The van der Waals surface area contributed by atoms with Crippen LogP contribution in [0, 0.1) is 0 Å². The number of hydrogen-bond acceptors (Lipinski definition) is 5. The molecule has 57 heavy (non-hydrogen) atoms. The van der Waals surface area contributed by atoms with E-state index in [0.29, 0.717) is 17.5 Å². The number of para-hydroxylation sites is 4. The third-order valence-corrected chi connectivity index (χ3v) is 11.1. The lowest BCUT2D eigenvalue weighted by molar-refractivity contribution is 0.668. The van der Waals surface area contributed by atoms with Crippen molar-refractivity contribution in [3.05, 3.63) is 182 Å². The van der Waals surface area contributed by atoms with E-state index in [1.807, 2.05) is 54.6 Å². The molecular weight excluding hydrogens is 701 g/mol. The van der Waals surface area contributed by atoms with Gasteiger partial charge in [-0.2, -0.15) is 0 Å². The molecule has 0 radical (unpaired) electrons. The summed E-state index contributed by atoms with van der Waals surface area (Å²) in [6, 6.07) is 62.7. The molecule has 6 heteroatoms. The van der Waals surface area contributed by atoms with E-state index < -0.39 is 0 Å². The number of benzene rings is 8. The van der Waals surface area contributed by atoms with E-state index in [1.165, 1.54) is 21.9 Å². The standard InChI is InChI=1S/C51H30N4O2/c1-2-14-31(15-3-1)33-20-12-24-42-47(33)36-17-4-8-22-40(36)55(42)41-23-9-5-18-37(41)50-52-49(32-28-29-35-34-16-6-10-25-43(34)57-46(35)30-32)53-51(54-50)39-21-13-27-45-48(39)38-19-7-11-26-44(38)56-45/h1-30H. The predicted molar refractivity (Wildman–Crippen MR) is 230 cm³/mol. The van der Waals surface area contributed by atoms with E-state index >= 15 is 0 Å². The third kappa shape index (κ3) is 4.87. The number of furan rings is 2. The fourth-order valence-corrected chi connectivity index (χ4v) is 8.57. The Hall–Kier alpha value is -7.83. The van der Waals surface area contributed by atoms with Gasteiger partial charge >= 0.3 is 0 Å². The van der Waals surface area contributed by atoms with Crippen LogP contribution in [-0.2, 0) is 0 Å². The Morgan fingerprint density at radius 1 is 0.333 bits per heavy atom. The second-order valence-electron chi connectivity index (χ2n) is 14.3. The highest BCUT2D eigenvalue weighted by atomic mass is 16.3. The number of rotatable bonds is 5. The van der Waals surface area contributed by atoms with Crippen molar-refractivity contribution in [1.29, 1.82) is 0 Å². The Bertz CT molecular complexity index is 3540. The maximum absolute atomic E-state index is 6.34. The van der Waals surface area contributed by atoms with Crippen molar-refractivity contribution in [1.82, 2.24) is 19.5 Å². The second kappa shape index (κ2) is 12.3. The zero-order valence-corrected chi connectivity index (χ0v) is 30.4. The molecule has 266 valence electrons. The topological polar surface area (TPSA) is 69.9 Å². The van der Waals surface area contributed by atoms with Crippen LogP contribution in [-0.4, -0.2) is 19.5 Å². The van der Waals surface area contributed by atoms with Crippen molar-refractivity contribution < 1.29 is 8.83 Å². The van der Waals surface area contributed by atoms with Gasteiger partial charge in [0.25, 0.3) is 0 Å². The van der Waals surface area contributed by atoms with E-state index in [0.717, 1.165) is 77.3 Å². The van der Waals surface area contributed by atoms with Gasteiger partial charge in [0.1, 0.15) is 22.3 Å². The fourth-order valence-electron chi connectivity index (χ4n) is 8.57. The SMILES string of the molecule is c1ccc(-c2cccc3c2c2ccccc2n3-c2ccccc2-c2nc(-c3ccc4c(c3)oc3ccccc34)nc(-c3cccc4oc5ccccc5c34)n2)cc1. The van der Waals surface area contributed by atoms with Crippen molar-refractivity contribution in [2.45, 2.75) is 0 Å². The largest absolute Gasteiger partial charge is 0.456 e. The normalized spacial score (nSPS) is 11.9. The van der Waals surface area contributed by atoms with Gasteiger partial charge < -0.3 is 13.4 Å². The first-order chi connectivity index (χ1) is 28.3. The van der Waals surface area contributed by atoms with Gasteiger partial charge in [-0.3, -0.25) is 0 Å². The fraction of sp³-hybridized carbons (Fsp3) is 0. The van der Waals surface area contributed by atoms with Gasteiger partial charge in [-0.15, -0.1) is 0 Å². The highest BCUT2D eigenvalue weighted by Crippen LogP contribution is 2.42. The highest BCUT2D eigenvalue weighted by molar-refractivity contribution is 6.16. The smallest absolute Gasteiger partial charge is 0.166 e. The Balaban J connectivity index is 1.13. The average Bonchev–Trinajstić information content (AvgIpc) is 3.96. The molecule has 0 fully saturated rings. The summed E-state index contributed by atoms with van der Waals surface area (Å²) in [7, 11) is 0. The van der Waals surface area contributed by atoms with Crippen LogP contribution >= 0.6 is 0 Å². The maximum Gasteiger partial charge on any atom is 0.166 e. The van der Waals surface area contributed by atoms with E-state index in [-0.39, 0.29) is 0 Å². The van der Waals surface area contributed by atoms with Gasteiger partial charge in [-0.05, 0) is 65.7 Å². The maximum atomic E-state index is 6.34. The first kappa shape index (κ1) is 31.5. The van der Waals surface area contributed by atoms with E-state index in [1.54, 1.807) is 0 Å². The van der Waals surface area contributed by atoms with Crippen LogP contribution in [0.4, 0.5) is 0 Å². The van der Waals surface area contributed by atoms with Crippen LogP contribution in [0.3, 0.4) is 0 Å². The molecule has 0 aliphatic rings. The minimum Gasteiger partial charge on any atom is -0.456 e. The molecule has 0 spiro atoms. The Morgan fingerprint density at radius 3 is 1.79 bits per heavy atom. The van der Waals surface area contributed by atoms with Crippen LogP contribution in [0.1, 0.15) is 0 Å². The molecule has 12 aromatic rings. The monoisotopic (exact) mass is 730 g/mol. The molecule has 12 rings (SSSR count). The van der Waals surface area contributed by atoms with Crippen LogP contribution in [0.2, 0.25) is 0 Å². The van der Waals surface area contributed by atoms with Crippen LogP contribution in [0.15, 0.2) is 191 Å². The summed E-state index contributed by atoms with van der Waals surface area (Å²) in [6.45, 7) is 0. The minimum atomic E-state index is 0.547. The van der Waals surface area contributed by atoms with Gasteiger partial charge in [0.15, 0.2) is 17.5 Å². The lowest BCUT2D eigenvalue weighted by atomic mass is 9.99. The number of fused-ring (bicyclic) bond motifs is 9. The molecule has 0 amide bonds. The van der Waals surface area contributed by atoms with Crippen molar-refractivity contribution >= 4 is 65.7 Å². The van der Waals surface area contributed by atoms with E-state index in [2.05, 4.69) is 132 Å². The summed E-state index contributed by atoms with van der Waals surface area (Å²) in [4.78, 5) is 15.8. The Kier molecular flexibility index (Phi) is 6.83. The zero-order valence-electron chi connectivity index (χ0n) is 30.4. The van der Waals surface area contributed by atoms with E-state index in [9.17, 15) is 0 Å². The molecule has 0 atom stereocenters. The average molecular weight is 731 g/mol. The van der Waals surface area contributed by atoms with Crippen molar-refractivity contribution in [3.8, 4) is 51.0 Å². The highest BCUT2D eigenvalue weighted by Gasteiger charge is 2.22. The molecule has 6 nitrogen and oxygen atoms in total. The van der Waals surface area contributed by atoms with Gasteiger partial charge in [0.05, 0.1) is 16.7 Å². The van der Waals surface area contributed by atoms with Gasteiger partial charge in [-0.25, -0.2) is 15.0 Å². The summed E-state index contributed by atoms with van der Waals surface area (Å²) in [5.74, 6) is 1.66. The molecule has 4 heterocycles.